The number of allylic oxidation sites excluding steroid dienone is 4. The predicted octanol–water partition coefficient (Wildman–Crippen LogP) is 6.47. The molecule has 0 N–H and O–H groups in total. The van der Waals surface area contributed by atoms with Crippen molar-refractivity contribution in [3.63, 3.8) is 0 Å². The van der Waals surface area contributed by atoms with Crippen LogP contribution in [0.5, 0.6) is 0 Å². The summed E-state index contributed by atoms with van der Waals surface area (Å²) in [6.45, 7) is 8.65. The highest BCUT2D eigenvalue weighted by molar-refractivity contribution is 5.92. The molecule has 0 saturated heterocycles. The van der Waals surface area contributed by atoms with Crippen molar-refractivity contribution in [3.05, 3.63) is 65.3 Å². The van der Waals surface area contributed by atoms with Crippen LogP contribution in [0.1, 0.15) is 50.3 Å². The van der Waals surface area contributed by atoms with Crippen LogP contribution < -0.4 is 0 Å². The van der Waals surface area contributed by atoms with Gasteiger partial charge in [-0.15, -0.1) is 0 Å². The molecule has 0 aliphatic rings. The third-order valence-corrected chi connectivity index (χ3v) is 4.14. The van der Waals surface area contributed by atoms with Crippen molar-refractivity contribution >= 4 is 16.3 Å². The molecule has 110 valence electrons. The lowest BCUT2D eigenvalue weighted by Crippen LogP contribution is -1.91. The number of hydrogen-bond acceptors (Lipinski definition) is 0. The Morgan fingerprint density at radius 1 is 1.10 bits per heavy atom. The third-order valence-electron chi connectivity index (χ3n) is 4.14. The Bertz CT molecular complexity index is 672. The fourth-order valence-electron chi connectivity index (χ4n) is 2.90. The van der Waals surface area contributed by atoms with Crippen molar-refractivity contribution in [2.24, 2.45) is 0 Å². The first-order valence-corrected chi connectivity index (χ1v) is 8.02. The van der Waals surface area contributed by atoms with Gasteiger partial charge >= 0.3 is 0 Å². The predicted molar refractivity (Wildman–Crippen MR) is 95.8 cm³/mol. The van der Waals surface area contributed by atoms with Crippen LogP contribution in [0, 0.1) is 6.92 Å². The Morgan fingerprint density at radius 3 is 2.57 bits per heavy atom. The zero-order chi connectivity index (χ0) is 15.2. The van der Waals surface area contributed by atoms with Gasteiger partial charge in [0.2, 0.25) is 0 Å². The van der Waals surface area contributed by atoms with Crippen molar-refractivity contribution in [1.29, 1.82) is 0 Å². The molecule has 0 heteroatoms. The number of aryl methyl sites for hydroxylation is 2. The zero-order valence-electron chi connectivity index (χ0n) is 13.7. The summed E-state index contributed by atoms with van der Waals surface area (Å²) in [5.74, 6) is 0. The standard InChI is InChI=1S/C21H26/c1-5-8-10-17-11-13-21-16(4)20(14-12-19(21)15-17)18(7-3)9-6-2/h6-7,9,11-15H,5,8,10H2,1-4H3. The Morgan fingerprint density at radius 2 is 1.90 bits per heavy atom. The second-order valence-corrected chi connectivity index (χ2v) is 5.64. The van der Waals surface area contributed by atoms with Gasteiger partial charge in [-0.3, -0.25) is 0 Å². The monoisotopic (exact) mass is 278 g/mol. The highest BCUT2D eigenvalue weighted by Gasteiger charge is 2.06. The molecule has 0 bridgehead atoms. The van der Waals surface area contributed by atoms with Gasteiger partial charge in [0.05, 0.1) is 0 Å². The van der Waals surface area contributed by atoms with E-state index in [4.69, 9.17) is 0 Å². The van der Waals surface area contributed by atoms with Gasteiger partial charge in [-0.05, 0) is 66.6 Å². The Labute approximate surface area is 129 Å². The third kappa shape index (κ3) is 3.44. The molecule has 0 saturated carbocycles. The second kappa shape index (κ2) is 7.26. The van der Waals surface area contributed by atoms with Crippen LogP contribution >= 0.6 is 0 Å². The SMILES string of the molecule is CC=CC(=CC)c1ccc2cc(CCCC)ccc2c1C. The number of benzene rings is 2. The zero-order valence-corrected chi connectivity index (χ0v) is 13.7. The van der Waals surface area contributed by atoms with Gasteiger partial charge < -0.3 is 0 Å². The van der Waals surface area contributed by atoms with Gasteiger partial charge in [0.25, 0.3) is 0 Å². The summed E-state index contributed by atoms with van der Waals surface area (Å²) in [5.41, 5.74) is 5.47. The highest BCUT2D eigenvalue weighted by Crippen LogP contribution is 2.28. The van der Waals surface area contributed by atoms with Gasteiger partial charge in [-0.25, -0.2) is 0 Å². The molecule has 0 fully saturated rings. The van der Waals surface area contributed by atoms with Crippen LogP contribution in [0.25, 0.3) is 16.3 Å². The molecule has 0 aliphatic carbocycles. The lowest BCUT2D eigenvalue weighted by molar-refractivity contribution is 0.796. The quantitative estimate of drug-likeness (QED) is 0.550. The first-order chi connectivity index (χ1) is 10.2. The van der Waals surface area contributed by atoms with E-state index in [0.717, 1.165) is 0 Å². The fraction of sp³-hybridized carbons (Fsp3) is 0.333. The summed E-state index contributed by atoms with van der Waals surface area (Å²) in [6, 6.07) is 11.5. The summed E-state index contributed by atoms with van der Waals surface area (Å²) in [5, 5.41) is 2.73. The van der Waals surface area contributed by atoms with Crippen molar-refractivity contribution in [1.82, 2.24) is 0 Å². The number of fused-ring (bicyclic) bond motifs is 1. The van der Waals surface area contributed by atoms with Crippen molar-refractivity contribution in [3.8, 4) is 0 Å². The molecule has 2 aromatic carbocycles. The lowest BCUT2D eigenvalue weighted by atomic mass is 9.93. The molecule has 0 aromatic heterocycles. The van der Waals surface area contributed by atoms with Crippen LogP contribution in [0.15, 0.2) is 48.6 Å². The van der Waals surface area contributed by atoms with Crippen molar-refractivity contribution in [2.75, 3.05) is 0 Å². The summed E-state index contributed by atoms with van der Waals surface area (Å²) in [6.07, 6.45) is 10.2. The second-order valence-electron chi connectivity index (χ2n) is 5.64. The molecule has 0 spiro atoms. The molecule has 2 aromatic rings. The molecule has 0 radical (unpaired) electrons. The van der Waals surface area contributed by atoms with E-state index in [1.54, 1.807) is 0 Å². The van der Waals surface area contributed by atoms with E-state index in [-0.39, 0.29) is 0 Å². The van der Waals surface area contributed by atoms with E-state index in [0.29, 0.717) is 0 Å². The average Bonchev–Trinajstić information content (AvgIpc) is 2.51. The molecule has 0 nitrogen and oxygen atoms in total. The first kappa shape index (κ1) is 15.6. The summed E-state index contributed by atoms with van der Waals surface area (Å²) in [7, 11) is 0. The van der Waals surface area contributed by atoms with Crippen LogP contribution in [0.2, 0.25) is 0 Å². The van der Waals surface area contributed by atoms with Gasteiger partial charge in [-0.1, -0.05) is 61.9 Å². The smallest absolute Gasteiger partial charge is 0.0148 e. The molecule has 0 heterocycles. The van der Waals surface area contributed by atoms with Crippen LogP contribution in [-0.4, -0.2) is 0 Å². The minimum absolute atomic E-state index is 1.19. The molecule has 0 aliphatic heterocycles. The normalized spacial score (nSPS) is 12.5. The molecule has 0 unspecified atom stereocenters. The van der Waals surface area contributed by atoms with Crippen molar-refractivity contribution in [2.45, 2.75) is 47.0 Å². The van der Waals surface area contributed by atoms with Crippen LogP contribution in [-0.2, 0) is 6.42 Å². The van der Waals surface area contributed by atoms with Crippen LogP contribution in [0.4, 0.5) is 0 Å². The van der Waals surface area contributed by atoms with E-state index in [2.05, 4.69) is 76.3 Å². The Kier molecular flexibility index (Phi) is 5.38. The number of rotatable bonds is 5. The summed E-state index contributed by atoms with van der Waals surface area (Å²) in [4.78, 5) is 0. The fourth-order valence-corrected chi connectivity index (χ4v) is 2.90. The molecular weight excluding hydrogens is 252 g/mol. The summed E-state index contributed by atoms with van der Waals surface area (Å²) < 4.78 is 0. The van der Waals surface area contributed by atoms with Gasteiger partial charge in [0.1, 0.15) is 0 Å². The molecule has 2 rings (SSSR count). The topological polar surface area (TPSA) is 0 Å². The van der Waals surface area contributed by atoms with Gasteiger partial charge in [0.15, 0.2) is 0 Å². The minimum Gasteiger partial charge on any atom is -0.0871 e. The number of unbranched alkanes of at least 4 members (excludes halogenated alkanes) is 1. The highest BCUT2D eigenvalue weighted by atomic mass is 14.1. The number of hydrogen-bond donors (Lipinski definition) is 0. The average molecular weight is 278 g/mol. The lowest BCUT2D eigenvalue weighted by Gasteiger charge is -2.12. The van der Waals surface area contributed by atoms with E-state index in [9.17, 15) is 0 Å². The van der Waals surface area contributed by atoms with Crippen molar-refractivity contribution < 1.29 is 0 Å². The van der Waals surface area contributed by atoms with E-state index in [1.165, 1.54) is 52.3 Å². The van der Waals surface area contributed by atoms with E-state index in [1.807, 2.05) is 0 Å². The molecule has 0 atom stereocenters. The van der Waals surface area contributed by atoms with E-state index >= 15 is 0 Å². The maximum Gasteiger partial charge on any atom is -0.0148 e. The molecular formula is C21H26. The van der Waals surface area contributed by atoms with Gasteiger partial charge in [0, 0.05) is 0 Å². The first-order valence-electron chi connectivity index (χ1n) is 8.02. The maximum atomic E-state index is 2.35. The maximum absolute atomic E-state index is 2.35. The molecule has 0 amide bonds. The largest absolute Gasteiger partial charge is 0.0871 e. The minimum atomic E-state index is 1.19. The van der Waals surface area contributed by atoms with E-state index < -0.39 is 0 Å². The summed E-state index contributed by atoms with van der Waals surface area (Å²) >= 11 is 0. The molecule has 21 heavy (non-hydrogen) atoms. The van der Waals surface area contributed by atoms with Crippen LogP contribution in [0.3, 0.4) is 0 Å². The van der Waals surface area contributed by atoms with Gasteiger partial charge in [-0.2, -0.15) is 0 Å². The Balaban J connectivity index is 2.48. The Hall–Kier alpha value is -1.82.